The minimum atomic E-state index is -0.394. The minimum absolute atomic E-state index is 0.252. The highest BCUT2D eigenvalue weighted by Gasteiger charge is 2.57. The van der Waals surface area contributed by atoms with Crippen molar-refractivity contribution >= 4 is 12.8 Å². The maximum atomic E-state index is 11.7. The summed E-state index contributed by atoms with van der Waals surface area (Å²) in [6.45, 7) is 7.55. The fourth-order valence-corrected chi connectivity index (χ4v) is 4.81. The predicted octanol–water partition coefficient (Wildman–Crippen LogP) is 3.72. The minimum Gasteiger partial charge on any atom is -0.444 e. The van der Waals surface area contributed by atoms with Gasteiger partial charge in [-0.15, -0.1) is 0 Å². The molecule has 3 aliphatic heterocycles. The van der Waals surface area contributed by atoms with Gasteiger partial charge < -0.3 is 10.1 Å². The third-order valence-electron chi connectivity index (χ3n) is 5.43. The second-order valence-electron chi connectivity index (χ2n) is 7.81. The fourth-order valence-electron chi connectivity index (χ4n) is 4.81. The van der Waals surface area contributed by atoms with Gasteiger partial charge in [-0.1, -0.05) is 49.6 Å². The molecule has 0 aromatic rings. The number of hydrogen-bond acceptors (Lipinski definition) is 2. The number of amides is 1. The Labute approximate surface area is 116 Å². The van der Waals surface area contributed by atoms with Crippen LogP contribution in [0.5, 0.6) is 0 Å². The third kappa shape index (κ3) is 2.63. The molecule has 3 aliphatic rings. The van der Waals surface area contributed by atoms with Crippen LogP contribution < -0.4 is 5.32 Å². The van der Waals surface area contributed by atoms with Gasteiger partial charge in [0, 0.05) is 6.54 Å². The molecule has 0 bridgehead atoms. The summed E-state index contributed by atoms with van der Waals surface area (Å²) < 4.78 is 5.31. The topological polar surface area (TPSA) is 38.3 Å². The van der Waals surface area contributed by atoms with E-state index in [9.17, 15) is 4.79 Å². The van der Waals surface area contributed by atoms with E-state index in [1.807, 2.05) is 20.8 Å². The first-order valence-electron chi connectivity index (χ1n) is 7.91. The summed E-state index contributed by atoms with van der Waals surface area (Å²) in [5, 5.41) is 2.98. The molecular formula is C15H26BNO2. The van der Waals surface area contributed by atoms with Gasteiger partial charge in [0.2, 0.25) is 0 Å². The lowest BCUT2D eigenvalue weighted by molar-refractivity contribution is 0.0518. The van der Waals surface area contributed by atoms with E-state index in [-0.39, 0.29) is 6.09 Å². The van der Waals surface area contributed by atoms with Crippen molar-refractivity contribution in [2.45, 2.75) is 75.9 Å². The molecule has 1 amide bonds. The summed E-state index contributed by atoms with van der Waals surface area (Å²) in [6.07, 6.45) is 6.83. The molecule has 0 radical (unpaired) electrons. The second-order valence-corrected chi connectivity index (χ2v) is 7.81. The largest absolute Gasteiger partial charge is 0.444 e. The number of ether oxygens (including phenoxy) is 1. The first-order chi connectivity index (χ1) is 8.94. The normalized spacial score (nSPS) is 36.5. The molecule has 3 heterocycles. The van der Waals surface area contributed by atoms with Gasteiger partial charge in [-0.2, -0.15) is 0 Å². The first kappa shape index (κ1) is 13.3. The molecule has 0 saturated carbocycles. The molecule has 19 heavy (non-hydrogen) atoms. The molecule has 3 saturated heterocycles. The van der Waals surface area contributed by atoms with E-state index in [1.165, 1.54) is 32.1 Å². The third-order valence-corrected chi connectivity index (χ3v) is 5.43. The highest BCUT2D eigenvalue weighted by molar-refractivity contribution is 6.68. The van der Waals surface area contributed by atoms with Gasteiger partial charge in [0.25, 0.3) is 0 Å². The lowest BCUT2D eigenvalue weighted by atomic mass is 9.18. The van der Waals surface area contributed by atoms with Gasteiger partial charge in [-0.05, 0) is 26.7 Å². The van der Waals surface area contributed by atoms with Crippen molar-refractivity contribution in [3.63, 3.8) is 0 Å². The van der Waals surface area contributed by atoms with E-state index < -0.39 is 5.60 Å². The molecule has 4 unspecified atom stereocenters. The van der Waals surface area contributed by atoms with E-state index in [1.54, 1.807) is 0 Å². The first-order valence-corrected chi connectivity index (χ1v) is 7.91. The Morgan fingerprint density at radius 3 is 2.58 bits per heavy atom. The highest BCUT2D eigenvalue weighted by atomic mass is 16.6. The Morgan fingerprint density at radius 1 is 1.26 bits per heavy atom. The molecule has 3 fully saturated rings. The van der Waals surface area contributed by atoms with E-state index in [4.69, 9.17) is 4.74 Å². The maximum Gasteiger partial charge on any atom is 0.407 e. The van der Waals surface area contributed by atoms with Gasteiger partial charge in [-0.25, -0.2) is 4.79 Å². The Bertz CT molecular complexity index is 366. The number of hydrogen-bond donors (Lipinski definition) is 1. The molecule has 0 aliphatic carbocycles. The average Bonchev–Trinajstić information content (AvgIpc) is 2.57. The van der Waals surface area contributed by atoms with Crippen LogP contribution in [-0.2, 0) is 4.74 Å². The summed E-state index contributed by atoms with van der Waals surface area (Å²) >= 11 is 0. The lowest BCUT2D eigenvalue weighted by Gasteiger charge is -2.45. The number of alkyl carbamates (subject to hydrolysis) is 1. The van der Waals surface area contributed by atoms with E-state index in [0.717, 1.165) is 30.7 Å². The zero-order chi connectivity index (χ0) is 13.6. The molecule has 0 aromatic carbocycles. The summed E-state index contributed by atoms with van der Waals surface area (Å²) in [6, 6.07) is 0. The predicted molar refractivity (Wildman–Crippen MR) is 77.8 cm³/mol. The Kier molecular flexibility index (Phi) is 3.30. The maximum absolute atomic E-state index is 11.7. The van der Waals surface area contributed by atoms with Crippen molar-refractivity contribution in [2.75, 3.05) is 6.54 Å². The fraction of sp³-hybridized carbons (Fsp3) is 0.933. The molecule has 0 spiro atoms. The van der Waals surface area contributed by atoms with E-state index in [2.05, 4.69) is 5.32 Å². The van der Waals surface area contributed by atoms with Crippen LogP contribution in [0.2, 0.25) is 17.5 Å². The van der Waals surface area contributed by atoms with Crippen molar-refractivity contribution in [3.8, 4) is 0 Å². The van der Waals surface area contributed by atoms with Gasteiger partial charge >= 0.3 is 6.09 Å². The molecule has 106 valence electrons. The molecule has 1 N–H and O–H groups in total. The molecule has 0 aromatic heterocycles. The van der Waals surface area contributed by atoms with Gasteiger partial charge in [0.05, 0.1) is 0 Å². The Balaban J connectivity index is 1.48. The van der Waals surface area contributed by atoms with Crippen molar-refractivity contribution in [3.05, 3.63) is 0 Å². The lowest BCUT2D eigenvalue weighted by Crippen LogP contribution is -2.43. The number of nitrogens with one attached hydrogen (secondary N) is 1. The number of rotatable bonds is 2. The van der Waals surface area contributed by atoms with Crippen LogP contribution in [0.15, 0.2) is 0 Å². The van der Waals surface area contributed by atoms with Crippen LogP contribution in [-0.4, -0.2) is 25.0 Å². The molecule has 4 heteroatoms. The smallest absolute Gasteiger partial charge is 0.407 e. The average molecular weight is 263 g/mol. The van der Waals surface area contributed by atoms with Crippen LogP contribution >= 0.6 is 0 Å². The zero-order valence-electron chi connectivity index (χ0n) is 12.4. The SMILES string of the molecule is CC(C)(C)OC(=O)NCC1CC2CCCC3CC1B23. The molecule has 3 rings (SSSR count). The number of carbonyl (C=O) groups is 1. The van der Waals surface area contributed by atoms with Crippen LogP contribution in [0.4, 0.5) is 4.79 Å². The van der Waals surface area contributed by atoms with Gasteiger partial charge in [-0.3, -0.25) is 0 Å². The second kappa shape index (κ2) is 4.71. The van der Waals surface area contributed by atoms with Gasteiger partial charge in [0.1, 0.15) is 12.3 Å². The monoisotopic (exact) mass is 263 g/mol. The van der Waals surface area contributed by atoms with Crippen molar-refractivity contribution in [1.82, 2.24) is 5.32 Å². The van der Waals surface area contributed by atoms with Crippen molar-refractivity contribution in [2.24, 2.45) is 5.92 Å². The van der Waals surface area contributed by atoms with Crippen molar-refractivity contribution in [1.29, 1.82) is 0 Å². The summed E-state index contributed by atoms with van der Waals surface area (Å²) in [5.41, 5.74) is -0.394. The van der Waals surface area contributed by atoms with Crippen LogP contribution in [0, 0.1) is 5.92 Å². The van der Waals surface area contributed by atoms with Crippen molar-refractivity contribution < 1.29 is 9.53 Å². The summed E-state index contributed by atoms with van der Waals surface area (Å²) in [5.74, 6) is 3.58. The zero-order valence-corrected chi connectivity index (χ0v) is 12.4. The Morgan fingerprint density at radius 2 is 1.95 bits per heavy atom. The van der Waals surface area contributed by atoms with Crippen LogP contribution in [0.1, 0.15) is 52.9 Å². The quantitative estimate of drug-likeness (QED) is 0.771. The number of carbonyl (C=O) groups excluding carboxylic acids is 1. The highest BCUT2D eigenvalue weighted by Crippen LogP contribution is 2.64. The molecule has 3 nitrogen and oxygen atoms in total. The van der Waals surface area contributed by atoms with E-state index in [0.29, 0.717) is 5.92 Å². The summed E-state index contributed by atoms with van der Waals surface area (Å²) in [4.78, 5) is 11.7. The molecule has 4 atom stereocenters. The van der Waals surface area contributed by atoms with Crippen LogP contribution in [0.25, 0.3) is 0 Å². The van der Waals surface area contributed by atoms with Crippen LogP contribution in [0.3, 0.4) is 0 Å². The Hall–Kier alpha value is -0.665. The summed E-state index contributed by atoms with van der Waals surface area (Å²) in [7, 11) is 0. The van der Waals surface area contributed by atoms with E-state index >= 15 is 0 Å². The standard InChI is InChI=1S/C15H26BNO2/c1-15(2,3)19-14(18)17-9-10-7-11-5-4-6-12-8-13(10)16(11)12/h10-13H,4-9H2,1-3H3,(H,17,18). The molecular weight excluding hydrogens is 237 g/mol. The van der Waals surface area contributed by atoms with Gasteiger partial charge in [0.15, 0.2) is 0 Å².